The van der Waals surface area contributed by atoms with Crippen molar-refractivity contribution >= 4 is 34.1 Å². The van der Waals surface area contributed by atoms with Crippen LogP contribution in [-0.4, -0.2) is 30.9 Å². The van der Waals surface area contributed by atoms with Crippen molar-refractivity contribution < 1.29 is 4.79 Å². The van der Waals surface area contributed by atoms with Crippen molar-refractivity contribution in [1.82, 2.24) is 19.7 Å². The Labute approximate surface area is 142 Å². The molecule has 118 valence electrons. The van der Waals surface area contributed by atoms with Crippen LogP contribution in [-0.2, 0) is 11.8 Å². The fourth-order valence-corrected chi connectivity index (χ4v) is 3.31. The number of rotatable bonds is 5. The third kappa shape index (κ3) is 3.59. The number of thioether (sulfide) groups is 1. The first kappa shape index (κ1) is 15.7. The van der Waals surface area contributed by atoms with E-state index >= 15 is 0 Å². The zero-order valence-electron chi connectivity index (χ0n) is 12.6. The highest BCUT2D eigenvalue weighted by molar-refractivity contribution is 8.00. The second-order valence-electron chi connectivity index (χ2n) is 4.82. The molecule has 0 saturated heterocycles. The third-order valence-corrected chi connectivity index (χ3v) is 5.00. The van der Waals surface area contributed by atoms with Crippen molar-refractivity contribution in [3.63, 3.8) is 0 Å². The SMILES string of the molecule is CC(Sc1nnc(-c2ccccc2)n1C)C(=O)Nc1nccs1. The van der Waals surface area contributed by atoms with Gasteiger partial charge in [-0.1, -0.05) is 42.1 Å². The number of nitrogens with zero attached hydrogens (tertiary/aromatic N) is 4. The molecule has 1 atom stereocenters. The van der Waals surface area contributed by atoms with E-state index in [4.69, 9.17) is 0 Å². The molecular weight excluding hydrogens is 330 g/mol. The molecule has 23 heavy (non-hydrogen) atoms. The van der Waals surface area contributed by atoms with Crippen LogP contribution in [0, 0.1) is 0 Å². The summed E-state index contributed by atoms with van der Waals surface area (Å²) in [5, 5.41) is 14.0. The normalized spacial score (nSPS) is 12.1. The Morgan fingerprint density at radius 3 is 2.78 bits per heavy atom. The van der Waals surface area contributed by atoms with E-state index in [2.05, 4.69) is 20.5 Å². The van der Waals surface area contributed by atoms with Crippen LogP contribution in [0.3, 0.4) is 0 Å². The van der Waals surface area contributed by atoms with Gasteiger partial charge in [-0.2, -0.15) is 0 Å². The lowest BCUT2D eigenvalue weighted by atomic mass is 10.2. The Balaban J connectivity index is 1.71. The summed E-state index contributed by atoms with van der Waals surface area (Å²) in [6, 6.07) is 9.84. The molecule has 0 bridgehead atoms. The molecule has 3 rings (SSSR count). The summed E-state index contributed by atoms with van der Waals surface area (Å²) in [6.45, 7) is 1.84. The minimum Gasteiger partial charge on any atom is -0.305 e. The van der Waals surface area contributed by atoms with Crippen LogP contribution in [0.4, 0.5) is 5.13 Å². The van der Waals surface area contributed by atoms with E-state index in [0.29, 0.717) is 10.3 Å². The Morgan fingerprint density at radius 1 is 1.30 bits per heavy atom. The van der Waals surface area contributed by atoms with Gasteiger partial charge in [0.2, 0.25) is 5.91 Å². The van der Waals surface area contributed by atoms with E-state index in [1.807, 2.05) is 54.3 Å². The van der Waals surface area contributed by atoms with Gasteiger partial charge >= 0.3 is 0 Å². The highest BCUT2D eigenvalue weighted by Crippen LogP contribution is 2.26. The van der Waals surface area contributed by atoms with Crippen LogP contribution in [0.5, 0.6) is 0 Å². The number of amides is 1. The van der Waals surface area contributed by atoms with Crippen LogP contribution in [0.1, 0.15) is 6.92 Å². The van der Waals surface area contributed by atoms with Gasteiger partial charge in [-0.15, -0.1) is 21.5 Å². The van der Waals surface area contributed by atoms with Crippen LogP contribution < -0.4 is 5.32 Å². The molecule has 0 radical (unpaired) electrons. The molecule has 3 aromatic rings. The smallest absolute Gasteiger partial charge is 0.239 e. The Bertz CT molecular complexity index is 786. The average Bonchev–Trinajstić information content (AvgIpc) is 3.19. The number of carbonyl (C=O) groups is 1. The molecule has 0 aliphatic heterocycles. The van der Waals surface area contributed by atoms with Crippen LogP contribution in [0.2, 0.25) is 0 Å². The zero-order valence-corrected chi connectivity index (χ0v) is 14.3. The summed E-state index contributed by atoms with van der Waals surface area (Å²) >= 11 is 2.76. The van der Waals surface area contributed by atoms with Crippen molar-refractivity contribution in [1.29, 1.82) is 0 Å². The van der Waals surface area contributed by atoms with E-state index in [1.54, 1.807) is 6.20 Å². The molecule has 1 aromatic carbocycles. The predicted octanol–water partition coefficient (Wildman–Crippen LogP) is 3.06. The molecule has 8 heteroatoms. The van der Waals surface area contributed by atoms with E-state index < -0.39 is 0 Å². The van der Waals surface area contributed by atoms with Gasteiger partial charge in [0, 0.05) is 24.2 Å². The third-order valence-electron chi connectivity index (χ3n) is 3.18. The van der Waals surface area contributed by atoms with Crippen molar-refractivity contribution in [2.45, 2.75) is 17.3 Å². The highest BCUT2D eigenvalue weighted by Gasteiger charge is 2.19. The van der Waals surface area contributed by atoms with Gasteiger partial charge in [0.15, 0.2) is 16.1 Å². The minimum atomic E-state index is -0.301. The first-order valence-corrected chi connectivity index (χ1v) is 8.73. The van der Waals surface area contributed by atoms with Crippen molar-refractivity contribution in [2.24, 2.45) is 7.05 Å². The molecule has 1 amide bonds. The van der Waals surface area contributed by atoms with Gasteiger partial charge < -0.3 is 9.88 Å². The number of benzene rings is 1. The molecule has 1 unspecified atom stereocenters. The molecular formula is C15H15N5OS2. The number of anilines is 1. The first-order valence-electron chi connectivity index (χ1n) is 6.97. The maximum Gasteiger partial charge on any atom is 0.239 e. The Morgan fingerprint density at radius 2 is 2.09 bits per heavy atom. The number of nitrogens with one attached hydrogen (secondary N) is 1. The van der Waals surface area contributed by atoms with Gasteiger partial charge in [0.25, 0.3) is 0 Å². The molecule has 1 N–H and O–H groups in total. The molecule has 0 aliphatic rings. The van der Waals surface area contributed by atoms with Gasteiger partial charge in [-0.05, 0) is 6.92 Å². The second-order valence-corrected chi connectivity index (χ2v) is 7.02. The second kappa shape index (κ2) is 6.93. The van der Waals surface area contributed by atoms with Gasteiger partial charge in [0.1, 0.15) is 0 Å². The number of hydrogen-bond acceptors (Lipinski definition) is 6. The summed E-state index contributed by atoms with van der Waals surface area (Å²) in [5.74, 6) is 0.676. The van der Waals surface area contributed by atoms with Crippen LogP contribution in [0.25, 0.3) is 11.4 Å². The molecule has 2 aromatic heterocycles. The Hall–Kier alpha value is -2.19. The summed E-state index contributed by atoms with van der Waals surface area (Å²) in [7, 11) is 1.90. The van der Waals surface area contributed by atoms with Crippen LogP contribution in [0.15, 0.2) is 47.1 Å². The number of aromatic nitrogens is 4. The quantitative estimate of drug-likeness (QED) is 0.720. The van der Waals surface area contributed by atoms with Gasteiger partial charge in [0.05, 0.1) is 5.25 Å². The van der Waals surface area contributed by atoms with E-state index in [1.165, 1.54) is 23.1 Å². The largest absolute Gasteiger partial charge is 0.305 e. The Kier molecular flexibility index (Phi) is 4.73. The lowest BCUT2D eigenvalue weighted by Gasteiger charge is -2.10. The monoisotopic (exact) mass is 345 g/mol. The highest BCUT2D eigenvalue weighted by atomic mass is 32.2. The maximum absolute atomic E-state index is 12.2. The number of thiazole rings is 1. The molecule has 0 saturated carbocycles. The van der Waals surface area contributed by atoms with E-state index in [0.717, 1.165) is 11.4 Å². The van der Waals surface area contributed by atoms with Crippen molar-refractivity contribution in [2.75, 3.05) is 5.32 Å². The maximum atomic E-state index is 12.2. The van der Waals surface area contributed by atoms with E-state index in [9.17, 15) is 4.79 Å². The first-order chi connectivity index (χ1) is 11.1. The number of hydrogen-bond donors (Lipinski definition) is 1. The molecule has 2 heterocycles. The molecule has 6 nitrogen and oxygen atoms in total. The standard InChI is InChI=1S/C15H15N5OS2/c1-10(13(21)17-14-16-8-9-22-14)23-15-19-18-12(20(15)2)11-6-4-3-5-7-11/h3-10H,1-2H3,(H,16,17,21). The topological polar surface area (TPSA) is 72.7 Å². The number of carbonyl (C=O) groups excluding carboxylic acids is 1. The fourth-order valence-electron chi connectivity index (χ4n) is 1.96. The molecule has 0 fully saturated rings. The lowest BCUT2D eigenvalue weighted by molar-refractivity contribution is -0.115. The zero-order chi connectivity index (χ0) is 16.2. The van der Waals surface area contributed by atoms with Gasteiger partial charge in [-0.25, -0.2) is 4.98 Å². The molecule has 0 spiro atoms. The van der Waals surface area contributed by atoms with Crippen molar-refractivity contribution in [3.8, 4) is 11.4 Å². The lowest BCUT2D eigenvalue weighted by Crippen LogP contribution is -2.22. The van der Waals surface area contributed by atoms with Gasteiger partial charge in [-0.3, -0.25) is 4.79 Å². The summed E-state index contributed by atoms with van der Waals surface area (Å²) in [6.07, 6.45) is 1.66. The van der Waals surface area contributed by atoms with Crippen molar-refractivity contribution in [3.05, 3.63) is 41.9 Å². The molecule has 0 aliphatic carbocycles. The minimum absolute atomic E-state index is 0.103. The average molecular weight is 345 g/mol. The van der Waals surface area contributed by atoms with E-state index in [-0.39, 0.29) is 11.2 Å². The van der Waals surface area contributed by atoms with Crippen LogP contribution >= 0.6 is 23.1 Å². The summed E-state index contributed by atoms with van der Waals surface area (Å²) in [4.78, 5) is 16.2. The summed E-state index contributed by atoms with van der Waals surface area (Å²) < 4.78 is 1.90. The fraction of sp³-hybridized carbons (Fsp3) is 0.200. The summed E-state index contributed by atoms with van der Waals surface area (Å²) in [5.41, 5.74) is 0.995. The predicted molar refractivity (Wildman–Crippen MR) is 92.5 cm³/mol.